The molecule has 2 heterocycles. The fourth-order valence-corrected chi connectivity index (χ4v) is 3.02. The molecule has 0 aliphatic heterocycles. The number of anilines is 3. The summed E-state index contributed by atoms with van der Waals surface area (Å²) in [4.78, 5) is 23.4. The van der Waals surface area contributed by atoms with Gasteiger partial charge in [-0.1, -0.05) is 17.4 Å². The van der Waals surface area contributed by atoms with Crippen LogP contribution in [0.25, 0.3) is 0 Å². The molecule has 6 heteroatoms. The molecule has 24 heavy (non-hydrogen) atoms. The molecule has 0 atom stereocenters. The van der Waals surface area contributed by atoms with Gasteiger partial charge in [0.1, 0.15) is 5.69 Å². The van der Waals surface area contributed by atoms with E-state index in [1.165, 1.54) is 11.3 Å². The molecular weight excluding hydrogens is 320 g/mol. The third-order valence-electron chi connectivity index (χ3n) is 3.60. The number of ketones is 1. The van der Waals surface area contributed by atoms with Crippen LogP contribution in [-0.2, 0) is 0 Å². The molecule has 1 N–H and O–H groups in total. The van der Waals surface area contributed by atoms with Crippen molar-refractivity contribution in [1.82, 2.24) is 9.97 Å². The lowest BCUT2D eigenvalue weighted by atomic mass is 10.1. The second-order valence-electron chi connectivity index (χ2n) is 5.59. The SMILES string of the molecule is Cc1cc(N(C)C)ccc1Nc1ncc(C(=O)c2ccccn2)s1. The van der Waals surface area contributed by atoms with Crippen molar-refractivity contribution in [1.29, 1.82) is 0 Å². The van der Waals surface area contributed by atoms with Crippen molar-refractivity contribution < 1.29 is 4.79 Å². The number of thiazole rings is 1. The van der Waals surface area contributed by atoms with Crippen molar-refractivity contribution in [3.63, 3.8) is 0 Å². The molecule has 0 aliphatic carbocycles. The summed E-state index contributed by atoms with van der Waals surface area (Å²) in [5.74, 6) is -0.110. The van der Waals surface area contributed by atoms with Gasteiger partial charge in [0.15, 0.2) is 5.13 Å². The third-order valence-corrected chi connectivity index (χ3v) is 4.51. The highest BCUT2D eigenvalue weighted by atomic mass is 32.1. The van der Waals surface area contributed by atoms with Crippen molar-refractivity contribution in [2.75, 3.05) is 24.3 Å². The number of aromatic nitrogens is 2. The molecule has 0 radical (unpaired) electrons. The highest BCUT2D eigenvalue weighted by Gasteiger charge is 2.14. The molecule has 0 amide bonds. The predicted octanol–water partition coefficient (Wildman–Crippen LogP) is 3.89. The number of aryl methyl sites for hydroxylation is 1. The summed E-state index contributed by atoms with van der Waals surface area (Å²) < 4.78 is 0. The Morgan fingerprint density at radius 3 is 2.67 bits per heavy atom. The number of hydrogen-bond donors (Lipinski definition) is 1. The van der Waals surface area contributed by atoms with Gasteiger partial charge in [-0.3, -0.25) is 9.78 Å². The molecule has 0 saturated heterocycles. The minimum Gasteiger partial charge on any atom is -0.378 e. The zero-order chi connectivity index (χ0) is 17.1. The van der Waals surface area contributed by atoms with Crippen LogP contribution in [-0.4, -0.2) is 29.8 Å². The maximum atomic E-state index is 12.4. The Morgan fingerprint density at radius 1 is 1.17 bits per heavy atom. The van der Waals surface area contributed by atoms with E-state index >= 15 is 0 Å². The smallest absolute Gasteiger partial charge is 0.222 e. The van der Waals surface area contributed by atoms with Gasteiger partial charge in [-0.15, -0.1) is 0 Å². The highest BCUT2D eigenvalue weighted by Crippen LogP contribution is 2.28. The van der Waals surface area contributed by atoms with E-state index in [-0.39, 0.29) is 5.78 Å². The van der Waals surface area contributed by atoms with Crippen molar-refractivity contribution in [3.8, 4) is 0 Å². The van der Waals surface area contributed by atoms with E-state index in [2.05, 4.69) is 26.3 Å². The third kappa shape index (κ3) is 3.44. The van der Waals surface area contributed by atoms with Gasteiger partial charge in [-0.2, -0.15) is 0 Å². The molecule has 122 valence electrons. The first-order valence-corrected chi connectivity index (χ1v) is 8.33. The maximum Gasteiger partial charge on any atom is 0.222 e. The molecule has 0 aliphatic rings. The fraction of sp³-hybridized carbons (Fsp3) is 0.167. The van der Waals surface area contributed by atoms with E-state index < -0.39 is 0 Å². The first kappa shape index (κ1) is 16.1. The van der Waals surface area contributed by atoms with E-state index in [1.54, 1.807) is 30.6 Å². The molecule has 0 bridgehead atoms. The van der Waals surface area contributed by atoms with E-state index in [0.29, 0.717) is 15.7 Å². The molecule has 3 rings (SSSR count). The number of rotatable bonds is 5. The average molecular weight is 338 g/mol. The minimum atomic E-state index is -0.110. The second kappa shape index (κ2) is 6.80. The summed E-state index contributed by atoms with van der Waals surface area (Å²) >= 11 is 1.33. The van der Waals surface area contributed by atoms with Crippen molar-refractivity contribution >= 4 is 33.6 Å². The molecule has 0 unspecified atom stereocenters. The number of nitrogens with one attached hydrogen (secondary N) is 1. The van der Waals surface area contributed by atoms with Gasteiger partial charge in [0, 0.05) is 31.7 Å². The van der Waals surface area contributed by atoms with Crippen LogP contribution in [0.3, 0.4) is 0 Å². The summed E-state index contributed by atoms with van der Waals surface area (Å²) in [5, 5.41) is 3.97. The quantitative estimate of drug-likeness (QED) is 0.715. The van der Waals surface area contributed by atoms with Crippen LogP contribution < -0.4 is 10.2 Å². The Morgan fingerprint density at radius 2 is 2.00 bits per heavy atom. The maximum absolute atomic E-state index is 12.4. The highest BCUT2D eigenvalue weighted by molar-refractivity contribution is 7.17. The van der Waals surface area contributed by atoms with Gasteiger partial charge >= 0.3 is 0 Å². The van der Waals surface area contributed by atoms with Crippen LogP contribution in [0.5, 0.6) is 0 Å². The van der Waals surface area contributed by atoms with E-state index in [1.807, 2.05) is 33.2 Å². The lowest BCUT2D eigenvalue weighted by Crippen LogP contribution is -2.08. The van der Waals surface area contributed by atoms with Crippen molar-refractivity contribution in [3.05, 3.63) is 64.9 Å². The zero-order valence-corrected chi connectivity index (χ0v) is 14.6. The predicted molar refractivity (Wildman–Crippen MR) is 98.6 cm³/mol. The number of hydrogen-bond acceptors (Lipinski definition) is 6. The lowest BCUT2D eigenvalue weighted by Gasteiger charge is -2.15. The Labute approximate surface area is 145 Å². The molecule has 5 nitrogen and oxygen atoms in total. The van der Waals surface area contributed by atoms with E-state index in [9.17, 15) is 4.79 Å². The molecule has 0 spiro atoms. The topological polar surface area (TPSA) is 58.1 Å². The van der Waals surface area contributed by atoms with Crippen LogP contribution in [0.1, 0.15) is 20.9 Å². The number of carbonyl (C=O) groups is 1. The summed E-state index contributed by atoms with van der Waals surface area (Å²) in [6.07, 6.45) is 3.20. The van der Waals surface area contributed by atoms with E-state index in [0.717, 1.165) is 16.9 Å². The summed E-state index contributed by atoms with van der Waals surface area (Å²) in [5.41, 5.74) is 3.67. The van der Waals surface area contributed by atoms with Crippen molar-refractivity contribution in [2.24, 2.45) is 0 Å². The normalized spacial score (nSPS) is 10.5. The molecule has 0 fully saturated rings. The molecule has 2 aromatic heterocycles. The van der Waals surface area contributed by atoms with Crippen LogP contribution in [0.4, 0.5) is 16.5 Å². The van der Waals surface area contributed by atoms with Crippen LogP contribution in [0.2, 0.25) is 0 Å². The number of pyridine rings is 1. The Kier molecular flexibility index (Phi) is 4.57. The van der Waals surface area contributed by atoms with Gasteiger partial charge in [-0.25, -0.2) is 4.98 Å². The van der Waals surface area contributed by atoms with Gasteiger partial charge in [-0.05, 0) is 42.8 Å². The Bertz CT molecular complexity index is 858. The van der Waals surface area contributed by atoms with Crippen LogP contribution in [0, 0.1) is 6.92 Å². The fourth-order valence-electron chi connectivity index (χ4n) is 2.24. The van der Waals surface area contributed by atoms with Crippen LogP contribution in [0.15, 0.2) is 48.8 Å². The average Bonchev–Trinajstić information content (AvgIpc) is 3.05. The second-order valence-corrected chi connectivity index (χ2v) is 6.62. The minimum absolute atomic E-state index is 0.110. The standard InChI is InChI=1S/C18H18N4OS/c1-12-10-13(22(2)3)7-8-14(12)21-18-20-11-16(24-18)17(23)15-6-4-5-9-19-15/h4-11H,1-3H3,(H,20,21). The largest absolute Gasteiger partial charge is 0.378 e. The number of benzene rings is 1. The van der Waals surface area contributed by atoms with Gasteiger partial charge in [0.2, 0.25) is 5.78 Å². The zero-order valence-electron chi connectivity index (χ0n) is 13.8. The Balaban J connectivity index is 1.78. The van der Waals surface area contributed by atoms with Gasteiger partial charge < -0.3 is 10.2 Å². The number of carbonyl (C=O) groups excluding carboxylic acids is 1. The van der Waals surface area contributed by atoms with E-state index in [4.69, 9.17) is 0 Å². The monoisotopic (exact) mass is 338 g/mol. The summed E-state index contributed by atoms with van der Waals surface area (Å²) in [7, 11) is 4.02. The first-order valence-electron chi connectivity index (χ1n) is 7.51. The van der Waals surface area contributed by atoms with Gasteiger partial charge in [0.05, 0.1) is 11.1 Å². The summed E-state index contributed by atoms with van der Waals surface area (Å²) in [6.45, 7) is 2.04. The lowest BCUT2D eigenvalue weighted by molar-refractivity contribution is 0.103. The molecule has 0 saturated carbocycles. The molecular formula is C18H18N4OS. The molecule has 1 aromatic carbocycles. The van der Waals surface area contributed by atoms with Crippen molar-refractivity contribution in [2.45, 2.75) is 6.92 Å². The van der Waals surface area contributed by atoms with Crippen LogP contribution >= 0.6 is 11.3 Å². The summed E-state index contributed by atoms with van der Waals surface area (Å²) in [6, 6.07) is 11.5. The molecule has 3 aromatic rings. The first-order chi connectivity index (χ1) is 11.5. The van der Waals surface area contributed by atoms with Gasteiger partial charge in [0.25, 0.3) is 0 Å². The number of nitrogens with zero attached hydrogens (tertiary/aromatic N) is 3. The Hall–Kier alpha value is -2.73.